The highest BCUT2D eigenvalue weighted by atomic mass is 35.5. The summed E-state index contributed by atoms with van der Waals surface area (Å²) in [5.41, 5.74) is 0.716. The van der Waals surface area contributed by atoms with Crippen molar-refractivity contribution in [2.45, 2.75) is 19.4 Å². The minimum absolute atomic E-state index is 0.0689. The van der Waals surface area contributed by atoms with Gasteiger partial charge in [0.05, 0.1) is 5.02 Å². The van der Waals surface area contributed by atoms with Gasteiger partial charge in [-0.05, 0) is 36.0 Å². The molecule has 0 spiro atoms. The Hall–Kier alpha value is -0.900. The topological polar surface area (TPSA) is 12.0 Å². The van der Waals surface area contributed by atoms with Crippen molar-refractivity contribution in [1.82, 2.24) is 5.32 Å². The lowest BCUT2D eigenvalue weighted by atomic mass is 10.0. The highest BCUT2D eigenvalue weighted by Gasteiger charge is 2.17. The van der Waals surface area contributed by atoms with E-state index in [0.29, 0.717) is 12.0 Å². The maximum absolute atomic E-state index is 13.7. The van der Waals surface area contributed by atoms with Gasteiger partial charge in [-0.15, -0.1) is 11.3 Å². The van der Waals surface area contributed by atoms with Gasteiger partial charge in [-0.2, -0.15) is 0 Å². The maximum Gasteiger partial charge on any atom is 0.126 e. The number of benzene rings is 1. The smallest absolute Gasteiger partial charge is 0.126 e. The third-order valence-electron chi connectivity index (χ3n) is 2.79. The molecule has 0 bridgehead atoms. The van der Waals surface area contributed by atoms with Gasteiger partial charge in [0.25, 0.3) is 0 Å². The highest BCUT2D eigenvalue weighted by molar-refractivity contribution is 7.10. The van der Waals surface area contributed by atoms with Gasteiger partial charge in [0.15, 0.2) is 0 Å². The summed E-state index contributed by atoms with van der Waals surface area (Å²) in [5.74, 6) is -0.159. The lowest BCUT2D eigenvalue weighted by Crippen LogP contribution is -2.22. The second-order valence-electron chi connectivity index (χ2n) is 4.04. The van der Waals surface area contributed by atoms with Crippen LogP contribution in [0.4, 0.5) is 4.39 Å². The van der Waals surface area contributed by atoms with Crippen LogP contribution in [-0.2, 0) is 6.42 Å². The third-order valence-corrected chi connectivity index (χ3v) is 4.27. The number of likely N-dealkylation sites (N-methyl/N-ethyl adjacent to an activating group) is 1. The molecule has 1 N–H and O–H groups in total. The second-order valence-corrected chi connectivity index (χ2v) is 5.39. The summed E-state index contributed by atoms with van der Waals surface area (Å²) in [6.45, 7) is 2.86. The van der Waals surface area contributed by atoms with Gasteiger partial charge in [0, 0.05) is 10.9 Å². The molecule has 96 valence electrons. The summed E-state index contributed by atoms with van der Waals surface area (Å²) >= 11 is 7.76. The lowest BCUT2D eigenvalue weighted by molar-refractivity contribution is 0.534. The van der Waals surface area contributed by atoms with Crippen molar-refractivity contribution < 1.29 is 4.39 Å². The van der Waals surface area contributed by atoms with E-state index in [0.717, 1.165) is 16.4 Å². The minimum Gasteiger partial charge on any atom is -0.309 e. The molecule has 0 fully saturated rings. The fourth-order valence-electron chi connectivity index (χ4n) is 1.94. The molecular weight excluding hydrogens is 269 g/mol. The molecule has 0 radical (unpaired) electrons. The van der Waals surface area contributed by atoms with Crippen LogP contribution in [0.15, 0.2) is 35.7 Å². The fraction of sp³-hybridized carbons (Fsp3) is 0.286. The highest BCUT2D eigenvalue weighted by Crippen LogP contribution is 2.31. The fourth-order valence-corrected chi connectivity index (χ4v) is 3.21. The quantitative estimate of drug-likeness (QED) is 0.856. The van der Waals surface area contributed by atoms with Crippen molar-refractivity contribution in [3.8, 4) is 0 Å². The van der Waals surface area contributed by atoms with E-state index in [4.69, 9.17) is 11.6 Å². The van der Waals surface area contributed by atoms with Crippen molar-refractivity contribution in [3.63, 3.8) is 0 Å². The largest absolute Gasteiger partial charge is 0.309 e. The molecule has 0 amide bonds. The Morgan fingerprint density at radius 1 is 1.33 bits per heavy atom. The van der Waals surface area contributed by atoms with Gasteiger partial charge in [0.2, 0.25) is 0 Å². The molecule has 1 nitrogen and oxygen atoms in total. The lowest BCUT2D eigenvalue weighted by Gasteiger charge is -2.17. The average Bonchev–Trinajstić information content (AvgIpc) is 2.78. The van der Waals surface area contributed by atoms with E-state index in [-0.39, 0.29) is 11.9 Å². The van der Waals surface area contributed by atoms with Crippen molar-refractivity contribution >= 4 is 22.9 Å². The number of halogens is 2. The molecular formula is C14H15ClFNS. The van der Waals surface area contributed by atoms with Crippen LogP contribution in [0, 0.1) is 5.82 Å². The summed E-state index contributed by atoms with van der Waals surface area (Å²) in [4.78, 5) is 1.07. The minimum atomic E-state index is -0.159. The molecule has 0 aliphatic carbocycles. The Morgan fingerprint density at radius 2 is 2.11 bits per heavy atom. The van der Waals surface area contributed by atoms with Crippen LogP contribution >= 0.6 is 22.9 Å². The van der Waals surface area contributed by atoms with Gasteiger partial charge >= 0.3 is 0 Å². The van der Waals surface area contributed by atoms with Crippen LogP contribution in [0.2, 0.25) is 5.02 Å². The normalized spacial score (nSPS) is 12.6. The van der Waals surface area contributed by atoms with Gasteiger partial charge in [-0.3, -0.25) is 0 Å². The summed E-state index contributed by atoms with van der Waals surface area (Å²) < 4.78 is 13.7. The molecule has 1 atom stereocenters. The van der Waals surface area contributed by atoms with E-state index >= 15 is 0 Å². The summed E-state index contributed by atoms with van der Waals surface area (Å²) in [6, 6.07) is 8.83. The standard InChI is InChI=1S/C14H15ClFNS/c1-2-17-13(14-11(15)7-8-18-14)9-10-5-3-4-6-12(10)16/h3-8,13,17H,2,9H2,1H3. The second kappa shape index (κ2) is 6.32. The Balaban J connectivity index is 2.22. The first-order chi connectivity index (χ1) is 8.72. The first kappa shape index (κ1) is 13.5. The van der Waals surface area contributed by atoms with E-state index in [1.165, 1.54) is 6.07 Å². The molecule has 2 rings (SSSR count). The number of rotatable bonds is 5. The number of nitrogens with one attached hydrogen (secondary N) is 1. The first-order valence-corrected chi connectivity index (χ1v) is 7.17. The Morgan fingerprint density at radius 3 is 2.72 bits per heavy atom. The van der Waals surface area contributed by atoms with Crippen LogP contribution in [0.3, 0.4) is 0 Å². The SMILES string of the molecule is CCNC(Cc1ccccc1F)c1sccc1Cl. The number of thiophene rings is 1. The summed E-state index contributed by atoms with van der Waals surface area (Å²) in [6.07, 6.45) is 0.612. The van der Waals surface area contributed by atoms with Crippen LogP contribution in [0.5, 0.6) is 0 Å². The van der Waals surface area contributed by atoms with Gasteiger partial charge < -0.3 is 5.32 Å². The van der Waals surface area contributed by atoms with Crippen molar-refractivity contribution in [2.24, 2.45) is 0 Å². The summed E-state index contributed by atoms with van der Waals surface area (Å²) in [7, 11) is 0. The number of hydrogen-bond acceptors (Lipinski definition) is 2. The molecule has 0 saturated carbocycles. The van der Waals surface area contributed by atoms with Crippen molar-refractivity contribution in [1.29, 1.82) is 0 Å². The van der Waals surface area contributed by atoms with E-state index in [1.807, 2.05) is 30.5 Å². The van der Waals surface area contributed by atoms with Gasteiger partial charge in [-0.25, -0.2) is 4.39 Å². The van der Waals surface area contributed by atoms with Gasteiger partial charge in [-0.1, -0.05) is 36.7 Å². The molecule has 0 aliphatic rings. The van der Waals surface area contributed by atoms with E-state index in [2.05, 4.69) is 5.32 Å². The van der Waals surface area contributed by atoms with Crippen LogP contribution in [0.1, 0.15) is 23.4 Å². The zero-order valence-corrected chi connectivity index (χ0v) is 11.7. The zero-order chi connectivity index (χ0) is 13.0. The van der Waals surface area contributed by atoms with Gasteiger partial charge in [0.1, 0.15) is 5.82 Å². The van der Waals surface area contributed by atoms with E-state index < -0.39 is 0 Å². The molecule has 1 aromatic carbocycles. The monoisotopic (exact) mass is 283 g/mol. The molecule has 1 unspecified atom stereocenters. The van der Waals surface area contributed by atoms with E-state index in [1.54, 1.807) is 17.4 Å². The molecule has 0 aliphatic heterocycles. The molecule has 18 heavy (non-hydrogen) atoms. The van der Waals surface area contributed by atoms with Crippen LogP contribution in [0.25, 0.3) is 0 Å². The Labute approximate surface area is 116 Å². The Bertz CT molecular complexity index is 512. The third kappa shape index (κ3) is 3.10. The Kier molecular flexibility index (Phi) is 4.75. The number of hydrogen-bond donors (Lipinski definition) is 1. The predicted octanol–water partition coefficient (Wildman–Crippen LogP) is 4.43. The maximum atomic E-state index is 13.7. The zero-order valence-electron chi connectivity index (χ0n) is 10.1. The van der Waals surface area contributed by atoms with E-state index in [9.17, 15) is 4.39 Å². The molecule has 0 saturated heterocycles. The molecule has 2 aromatic rings. The molecule has 4 heteroatoms. The predicted molar refractivity (Wildman–Crippen MR) is 75.9 cm³/mol. The summed E-state index contributed by atoms with van der Waals surface area (Å²) in [5, 5.41) is 6.07. The van der Waals surface area contributed by atoms with Crippen molar-refractivity contribution in [2.75, 3.05) is 6.54 Å². The first-order valence-electron chi connectivity index (χ1n) is 5.92. The van der Waals surface area contributed by atoms with Crippen LogP contribution < -0.4 is 5.32 Å². The van der Waals surface area contributed by atoms with Crippen LogP contribution in [-0.4, -0.2) is 6.54 Å². The van der Waals surface area contributed by atoms with Crippen molar-refractivity contribution in [3.05, 3.63) is 57.0 Å². The average molecular weight is 284 g/mol. The molecule has 1 heterocycles. The molecule has 1 aromatic heterocycles.